The van der Waals surface area contributed by atoms with E-state index in [0.29, 0.717) is 27.5 Å². The van der Waals surface area contributed by atoms with Crippen molar-refractivity contribution < 1.29 is 9.53 Å². The fourth-order valence-electron chi connectivity index (χ4n) is 2.97. The maximum Gasteiger partial charge on any atom is 0.266 e. The topological polar surface area (TPSA) is 111 Å². The molecule has 3 rings (SSSR count). The summed E-state index contributed by atoms with van der Waals surface area (Å²) in [6.45, 7) is 3.41. The minimum absolute atomic E-state index is 0.0870. The standard InChI is InChI=1S/C22H20N4O3S/c1-13-8-9-20(29-3)18(10-13)26-21(28)15-6-4-5-7-17(15)25-22(26)30-12-19(27)16(11-23)14(2)24/h4-10H,12,24H2,1-3H3/b16-14+. The smallest absolute Gasteiger partial charge is 0.266 e. The molecule has 0 atom stereocenters. The van der Waals surface area contributed by atoms with E-state index in [1.807, 2.05) is 25.1 Å². The zero-order chi connectivity index (χ0) is 21.8. The Bertz CT molecular complexity index is 1270. The van der Waals surface area contributed by atoms with Gasteiger partial charge in [0, 0.05) is 5.70 Å². The molecule has 1 aromatic heterocycles. The summed E-state index contributed by atoms with van der Waals surface area (Å²) >= 11 is 1.07. The van der Waals surface area contributed by atoms with Crippen LogP contribution in [0, 0.1) is 18.3 Å². The van der Waals surface area contributed by atoms with Crippen molar-refractivity contribution >= 4 is 28.4 Å². The van der Waals surface area contributed by atoms with Gasteiger partial charge in [0.1, 0.15) is 17.4 Å². The molecule has 0 spiro atoms. The summed E-state index contributed by atoms with van der Waals surface area (Å²) < 4.78 is 6.90. The number of ketones is 1. The van der Waals surface area contributed by atoms with Crippen LogP contribution >= 0.6 is 11.8 Å². The summed E-state index contributed by atoms with van der Waals surface area (Å²) in [6, 6.07) is 14.3. The van der Waals surface area contributed by atoms with Gasteiger partial charge in [-0.05, 0) is 43.7 Å². The lowest BCUT2D eigenvalue weighted by atomic mass is 10.2. The maximum absolute atomic E-state index is 13.4. The van der Waals surface area contributed by atoms with Crippen LogP contribution in [-0.4, -0.2) is 28.2 Å². The minimum Gasteiger partial charge on any atom is -0.495 e. The first-order valence-electron chi connectivity index (χ1n) is 9.06. The first-order chi connectivity index (χ1) is 14.4. The van der Waals surface area contributed by atoms with Crippen LogP contribution < -0.4 is 16.0 Å². The number of para-hydroxylation sites is 1. The van der Waals surface area contributed by atoms with Gasteiger partial charge in [0.2, 0.25) is 0 Å². The summed E-state index contributed by atoms with van der Waals surface area (Å²) in [6.07, 6.45) is 0. The molecule has 0 bridgehead atoms. The third-order valence-corrected chi connectivity index (χ3v) is 5.38. The third-order valence-electron chi connectivity index (χ3n) is 4.44. The molecular formula is C22H20N4O3S. The number of benzene rings is 2. The minimum atomic E-state index is -0.423. The van der Waals surface area contributed by atoms with Crippen molar-refractivity contribution in [1.82, 2.24) is 9.55 Å². The number of carbonyl (C=O) groups excluding carboxylic acids is 1. The van der Waals surface area contributed by atoms with E-state index < -0.39 is 5.78 Å². The van der Waals surface area contributed by atoms with Crippen LogP contribution in [0.1, 0.15) is 12.5 Å². The van der Waals surface area contributed by atoms with Crippen LogP contribution in [0.5, 0.6) is 5.75 Å². The number of hydrogen-bond acceptors (Lipinski definition) is 7. The number of allylic oxidation sites excluding steroid dienone is 2. The SMILES string of the molecule is COc1ccc(C)cc1-n1c(SCC(=O)/C(C#N)=C(\C)N)nc2ccccc2c1=O. The number of hydrogen-bond donors (Lipinski definition) is 1. The number of ether oxygens (including phenoxy) is 1. The molecule has 1 heterocycles. The van der Waals surface area contributed by atoms with Crippen LogP contribution in [0.2, 0.25) is 0 Å². The van der Waals surface area contributed by atoms with Crippen molar-refractivity contribution in [1.29, 1.82) is 5.26 Å². The first kappa shape index (κ1) is 21.1. The van der Waals surface area contributed by atoms with Gasteiger partial charge in [0.25, 0.3) is 5.56 Å². The second-order valence-corrected chi connectivity index (χ2v) is 7.55. The Balaban J connectivity index is 2.19. The van der Waals surface area contributed by atoms with E-state index >= 15 is 0 Å². The number of aryl methyl sites for hydroxylation is 1. The molecule has 0 saturated carbocycles. The Morgan fingerprint density at radius 3 is 2.70 bits per heavy atom. The average Bonchev–Trinajstić information content (AvgIpc) is 2.72. The molecule has 2 aromatic carbocycles. The van der Waals surface area contributed by atoms with Crippen LogP contribution in [0.3, 0.4) is 0 Å². The Morgan fingerprint density at radius 1 is 1.30 bits per heavy atom. The summed E-state index contributed by atoms with van der Waals surface area (Å²) in [5.41, 5.74) is 7.41. The summed E-state index contributed by atoms with van der Waals surface area (Å²) in [5, 5.41) is 9.95. The third kappa shape index (κ3) is 4.07. The molecule has 8 heteroatoms. The monoisotopic (exact) mass is 420 g/mol. The van der Waals surface area contributed by atoms with Crippen molar-refractivity contribution in [3.05, 3.63) is 69.7 Å². The fourth-order valence-corrected chi connectivity index (χ4v) is 3.85. The van der Waals surface area contributed by atoms with Crippen LogP contribution in [0.25, 0.3) is 16.6 Å². The highest BCUT2D eigenvalue weighted by Crippen LogP contribution is 2.28. The van der Waals surface area contributed by atoms with Crippen molar-refractivity contribution in [2.45, 2.75) is 19.0 Å². The number of nitrogens with zero attached hydrogens (tertiary/aromatic N) is 3. The van der Waals surface area contributed by atoms with E-state index in [9.17, 15) is 14.9 Å². The molecule has 3 aromatic rings. The number of thioether (sulfide) groups is 1. The number of Topliss-reactive ketones (excluding diaryl/α,β-unsaturated/α-hetero) is 1. The van der Waals surface area contributed by atoms with Crippen LogP contribution in [-0.2, 0) is 4.79 Å². The molecule has 152 valence electrons. The van der Waals surface area contributed by atoms with Crippen LogP contribution in [0.4, 0.5) is 0 Å². The lowest BCUT2D eigenvalue weighted by Gasteiger charge is -2.16. The number of fused-ring (bicyclic) bond motifs is 1. The zero-order valence-electron chi connectivity index (χ0n) is 16.8. The molecule has 0 aliphatic rings. The molecule has 7 nitrogen and oxygen atoms in total. The lowest BCUT2D eigenvalue weighted by molar-refractivity contribution is -0.112. The summed E-state index contributed by atoms with van der Waals surface area (Å²) in [7, 11) is 1.53. The highest BCUT2D eigenvalue weighted by atomic mass is 32.2. The summed E-state index contributed by atoms with van der Waals surface area (Å²) in [4.78, 5) is 30.4. The quantitative estimate of drug-likeness (QED) is 0.282. The van der Waals surface area contributed by atoms with Crippen molar-refractivity contribution in [2.75, 3.05) is 12.9 Å². The van der Waals surface area contributed by atoms with E-state index in [4.69, 9.17) is 10.5 Å². The molecule has 0 amide bonds. The molecular weight excluding hydrogens is 400 g/mol. The largest absolute Gasteiger partial charge is 0.495 e. The Morgan fingerprint density at radius 2 is 2.03 bits per heavy atom. The van der Waals surface area contributed by atoms with Crippen molar-refractivity contribution in [3.8, 4) is 17.5 Å². The molecule has 30 heavy (non-hydrogen) atoms. The fraction of sp³-hybridized carbons (Fsp3) is 0.182. The van der Waals surface area contributed by atoms with E-state index in [1.165, 1.54) is 18.6 Å². The second-order valence-electron chi connectivity index (χ2n) is 6.61. The number of carbonyl (C=O) groups is 1. The normalized spacial score (nSPS) is 11.7. The van der Waals surface area contributed by atoms with E-state index in [0.717, 1.165) is 17.3 Å². The Labute approximate surface area is 177 Å². The maximum atomic E-state index is 13.4. The molecule has 0 fully saturated rings. The first-order valence-corrected chi connectivity index (χ1v) is 10.0. The van der Waals surface area contributed by atoms with Gasteiger partial charge < -0.3 is 10.5 Å². The highest BCUT2D eigenvalue weighted by molar-refractivity contribution is 7.99. The van der Waals surface area contributed by atoms with E-state index in [2.05, 4.69) is 4.98 Å². The van der Waals surface area contributed by atoms with Gasteiger partial charge in [-0.25, -0.2) is 4.98 Å². The molecule has 0 aliphatic carbocycles. The second kappa shape index (κ2) is 8.84. The highest BCUT2D eigenvalue weighted by Gasteiger charge is 2.19. The molecule has 0 aliphatic heterocycles. The molecule has 0 unspecified atom stereocenters. The molecule has 0 radical (unpaired) electrons. The lowest BCUT2D eigenvalue weighted by Crippen LogP contribution is -2.23. The number of nitriles is 1. The zero-order valence-corrected chi connectivity index (χ0v) is 17.6. The van der Waals surface area contributed by atoms with Gasteiger partial charge >= 0.3 is 0 Å². The van der Waals surface area contributed by atoms with Crippen LogP contribution in [0.15, 0.2) is 63.7 Å². The van der Waals surface area contributed by atoms with Gasteiger partial charge in [-0.1, -0.05) is 30.0 Å². The van der Waals surface area contributed by atoms with Gasteiger partial charge in [0.15, 0.2) is 10.9 Å². The van der Waals surface area contributed by atoms with Gasteiger partial charge in [-0.2, -0.15) is 5.26 Å². The predicted octanol–water partition coefficient (Wildman–Crippen LogP) is 3.12. The van der Waals surface area contributed by atoms with Crippen molar-refractivity contribution in [3.63, 3.8) is 0 Å². The van der Waals surface area contributed by atoms with E-state index in [1.54, 1.807) is 30.3 Å². The van der Waals surface area contributed by atoms with E-state index in [-0.39, 0.29) is 22.6 Å². The summed E-state index contributed by atoms with van der Waals surface area (Å²) in [5.74, 6) is -0.00730. The molecule has 0 saturated heterocycles. The predicted molar refractivity (Wildman–Crippen MR) is 117 cm³/mol. The number of rotatable bonds is 6. The Kier molecular flexibility index (Phi) is 6.23. The van der Waals surface area contributed by atoms with Gasteiger partial charge in [-0.15, -0.1) is 0 Å². The average molecular weight is 420 g/mol. The number of aromatic nitrogens is 2. The molecule has 2 N–H and O–H groups in total. The Hall–Kier alpha value is -3.57. The van der Waals surface area contributed by atoms with Gasteiger partial charge in [0.05, 0.1) is 29.5 Å². The number of methoxy groups -OCH3 is 1. The van der Waals surface area contributed by atoms with Gasteiger partial charge in [-0.3, -0.25) is 14.2 Å². The van der Waals surface area contributed by atoms with Crippen molar-refractivity contribution in [2.24, 2.45) is 5.73 Å². The number of nitrogens with two attached hydrogens (primary N) is 1.